The molecule has 0 amide bonds. The Balaban J connectivity index is 2.21. The topological polar surface area (TPSA) is 66.2 Å². The van der Waals surface area contributed by atoms with E-state index in [-0.39, 0.29) is 11.7 Å². The van der Waals surface area contributed by atoms with E-state index in [2.05, 4.69) is 9.97 Å². The number of fused-ring (bicyclic) bond motifs is 1. The van der Waals surface area contributed by atoms with Gasteiger partial charge in [-0.3, -0.25) is 9.36 Å². The van der Waals surface area contributed by atoms with Gasteiger partial charge in [-0.2, -0.15) is 4.98 Å². The molecule has 6 heteroatoms. The van der Waals surface area contributed by atoms with Crippen LogP contribution >= 0.6 is 0 Å². The van der Waals surface area contributed by atoms with Gasteiger partial charge in [0.2, 0.25) is 5.88 Å². The van der Waals surface area contributed by atoms with E-state index in [9.17, 15) is 4.79 Å². The molecule has 0 saturated carbocycles. The first-order valence-electron chi connectivity index (χ1n) is 6.19. The maximum absolute atomic E-state index is 11.5. The van der Waals surface area contributed by atoms with E-state index < -0.39 is 0 Å². The lowest BCUT2D eigenvalue weighted by molar-refractivity contribution is 0.0390. The van der Waals surface area contributed by atoms with E-state index >= 15 is 0 Å². The van der Waals surface area contributed by atoms with Gasteiger partial charge in [-0.15, -0.1) is 0 Å². The van der Waals surface area contributed by atoms with Crippen LogP contribution in [0, 0.1) is 0 Å². The molecule has 102 valence electrons. The minimum Gasteiger partial charge on any atom is -0.475 e. The fourth-order valence-electron chi connectivity index (χ4n) is 1.70. The summed E-state index contributed by atoms with van der Waals surface area (Å²) in [6, 6.07) is 3.51. The lowest BCUT2D eigenvalue weighted by Gasteiger charge is -2.12. The van der Waals surface area contributed by atoms with Gasteiger partial charge in [-0.1, -0.05) is 0 Å². The second kappa shape index (κ2) is 5.79. The number of nitrogens with zero attached hydrogens (tertiary/aromatic N) is 3. The fourth-order valence-corrected chi connectivity index (χ4v) is 1.70. The van der Waals surface area contributed by atoms with Crippen molar-refractivity contribution in [2.75, 3.05) is 13.2 Å². The summed E-state index contributed by atoms with van der Waals surface area (Å²) in [5, 5.41) is 0. The summed E-state index contributed by atoms with van der Waals surface area (Å²) in [6.07, 6.45) is 1.28. The van der Waals surface area contributed by atoms with Gasteiger partial charge >= 0.3 is 0 Å². The van der Waals surface area contributed by atoms with Crippen LogP contribution in [0.25, 0.3) is 11.2 Å². The molecule has 0 radical (unpaired) electrons. The molecule has 2 aromatic rings. The van der Waals surface area contributed by atoms with E-state index in [0.29, 0.717) is 30.3 Å². The molecule has 2 rings (SSSR count). The second-order valence-corrected chi connectivity index (χ2v) is 4.22. The minimum absolute atomic E-state index is 0.000199. The third-order valence-electron chi connectivity index (χ3n) is 2.71. The highest BCUT2D eigenvalue weighted by Crippen LogP contribution is 2.13. The number of pyridine rings is 1. The van der Waals surface area contributed by atoms with Gasteiger partial charge in [-0.25, -0.2) is 4.98 Å². The zero-order valence-corrected chi connectivity index (χ0v) is 11.3. The molecule has 0 bridgehead atoms. The molecule has 0 saturated heterocycles. The maximum atomic E-state index is 11.5. The largest absolute Gasteiger partial charge is 0.475 e. The summed E-state index contributed by atoms with van der Waals surface area (Å²) in [4.78, 5) is 19.8. The highest BCUT2D eigenvalue weighted by molar-refractivity contribution is 5.70. The number of hydrogen-bond acceptors (Lipinski definition) is 5. The van der Waals surface area contributed by atoms with E-state index in [1.807, 2.05) is 13.8 Å². The molecular weight excluding hydrogens is 246 g/mol. The van der Waals surface area contributed by atoms with Gasteiger partial charge in [0.05, 0.1) is 12.3 Å². The van der Waals surface area contributed by atoms with Crippen LogP contribution < -0.4 is 10.3 Å². The average Bonchev–Trinajstić information content (AvgIpc) is 2.41. The molecule has 0 aliphatic heterocycles. The van der Waals surface area contributed by atoms with Gasteiger partial charge in [-0.05, 0) is 19.9 Å². The highest BCUT2D eigenvalue weighted by Gasteiger charge is 2.06. The Morgan fingerprint density at radius 1 is 1.42 bits per heavy atom. The molecule has 19 heavy (non-hydrogen) atoms. The molecule has 0 aliphatic carbocycles. The van der Waals surface area contributed by atoms with E-state index in [1.165, 1.54) is 10.8 Å². The Morgan fingerprint density at radius 2 is 2.21 bits per heavy atom. The van der Waals surface area contributed by atoms with Crippen LogP contribution in [0.15, 0.2) is 23.1 Å². The number of aromatic nitrogens is 3. The van der Waals surface area contributed by atoms with Gasteiger partial charge in [0.1, 0.15) is 12.1 Å². The summed E-state index contributed by atoms with van der Waals surface area (Å²) >= 11 is 0. The van der Waals surface area contributed by atoms with Crippen LogP contribution in [-0.4, -0.2) is 33.9 Å². The molecule has 0 aliphatic rings. The number of aryl methyl sites for hydroxylation is 1. The minimum atomic E-state index is -0.195. The van der Waals surface area contributed by atoms with Crippen LogP contribution in [0.4, 0.5) is 0 Å². The van der Waals surface area contributed by atoms with E-state index in [4.69, 9.17) is 9.47 Å². The SMILES string of the molecule is CCOC(C)COc1ccc2ncc(=O)n(C)c2n1. The summed E-state index contributed by atoms with van der Waals surface area (Å²) in [5.74, 6) is 0.460. The zero-order valence-electron chi connectivity index (χ0n) is 11.3. The fraction of sp³-hybridized carbons (Fsp3) is 0.462. The van der Waals surface area contributed by atoms with Gasteiger partial charge in [0.25, 0.3) is 5.56 Å². The van der Waals surface area contributed by atoms with Crippen molar-refractivity contribution >= 4 is 11.2 Å². The lowest BCUT2D eigenvalue weighted by atomic mass is 10.4. The highest BCUT2D eigenvalue weighted by atomic mass is 16.5. The van der Waals surface area contributed by atoms with Crippen LogP contribution in [0.1, 0.15) is 13.8 Å². The summed E-state index contributed by atoms with van der Waals surface area (Å²) < 4.78 is 12.4. The molecule has 0 N–H and O–H groups in total. The van der Waals surface area contributed by atoms with Crippen molar-refractivity contribution < 1.29 is 9.47 Å². The van der Waals surface area contributed by atoms with Crippen molar-refractivity contribution in [3.05, 3.63) is 28.7 Å². The van der Waals surface area contributed by atoms with Crippen molar-refractivity contribution in [2.45, 2.75) is 20.0 Å². The average molecular weight is 263 g/mol. The zero-order chi connectivity index (χ0) is 13.8. The van der Waals surface area contributed by atoms with E-state index in [1.54, 1.807) is 19.2 Å². The number of hydrogen-bond donors (Lipinski definition) is 0. The first kappa shape index (κ1) is 13.5. The number of ether oxygens (including phenoxy) is 2. The third-order valence-corrected chi connectivity index (χ3v) is 2.71. The first-order chi connectivity index (χ1) is 9.11. The Hall–Kier alpha value is -1.95. The quantitative estimate of drug-likeness (QED) is 0.809. The molecular formula is C13H17N3O3. The lowest BCUT2D eigenvalue weighted by Crippen LogP contribution is -2.19. The maximum Gasteiger partial charge on any atom is 0.270 e. The van der Waals surface area contributed by atoms with Crippen molar-refractivity contribution in [1.29, 1.82) is 0 Å². The van der Waals surface area contributed by atoms with Crippen molar-refractivity contribution in [3.8, 4) is 5.88 Å². The molecule has 6 nitrogen and oxygen atoms in total. The summed E-state index contributed by atoms with van der Waals surface area (Å²) in [6.45, 7) is 4.93. The predicted octanol–water partition coefficient (Wildman–Crippen LogP) is 1.13. The van der Waals surface area contributed by atoms with Crippen molar-refractivity contribution in [1.82, 2.24) is 14.5 Å². The van der Waals surface area contributed by atoms with Crippen LogP contribution in [0.3, 0.4) is 0 Å². The molecule has 0 fully saturated rings. The summed E-state index contributed by atoms with van der Waals surface area (Å²) in [5.41, 5.74) is 0.973. The van der Waals surface area contributed by atoms with Crippen LogP contribution in [-0.2, 0) is 11.8 Å². The Labute approximate surface area is 111 Å². The van der Waals surface area contributed by atoms with Crippen LogP contribution in [0.5, 0.6) is 5.88 Å². The van der Waals surface area contributed by atoms with Crippen molar-refractivity contribution in [2.24, 2.45) is 7.05 Å². The molecule has 1 unspecified atom stereocenters. The number of rotatable bonds is 5. The normalized spacial score (nSPS) is 12.6. The van der Waals surface area contributed by atoms with Crippen molar-refractivity contribution in [3.63, 3.8) is 0 Å². The van der Waals surface area contributed by atoms with E-state index in [0.717, 1.165) is 0 Å². The Bertz CT molecular complexity index is 624. The third kappa shape index (κ3) is 3.08. The van der Waals surface area contributed by atoms with Gasteiger partial charge < -0.3 is 9.47 Å². The van der Waals surface area contributed by atoms with Crippen LogP contribution in [0.2, 0.25) is 0 Å². The molecule has 0 spiro atoms. The predicted molar refractivity (Wildman–Crippen MR) is 71.4 cm³/mol. The molecule has 1 atom stereocenters. The van der Waals surface area contributed by atoms with Gasteiger partial charge in [0, 0.05) is 19.7 Å². The van der Waals surface area contributed by atoms with Gasteiger partial charge in [0.15, 0.2) is 5.65 Å². The Morgan fingerprint density at radius 3 is 2.95 bits per heavy atom. The standard InChI is InChI=1S/C13H17N3O3/c1-4-18-9(2)8-19-11-6-5-10-13(15-11)16(3)12(17)7-14-10/h5-7,9H,4,8H2,1-3H3. The monoisotopic (exact) mass is 263 g/mol. The molecule has 0 aromatic carbocycles. The Kier molecular flexibility index (Phi) is 4.11. The first-order valence-corrected chi connectivity index (χ1v) is 6.19. The second-order valence-electron chi connectivity index (χ2n) is 4.22. The molecule has 2 heterocycles. The smallest absolute Gasteiger partial charge is 0.270 e. The summed E-state index contributed by atoms with van der Waals surface area (Å²) in [7, 11) is 1.66. The molecule has 2 aromatic heterocycles.